The minimum atomic E-state index is -1.24. The van der Waals surface area contributed by atoms with Crippen LogP contribution in [0.2, 0.25) is 0 Å². The van der Waals surface area contributed by atoms with Gasteiger partial charge in [-0.05, 0) is 55.8 Å². The molecule has 0 aromatic rings. The second kappa shape index (κ2) is 7.89. The molecule has 1 heterocycles. The first kappa shape index (κ1) is 24.0. The van der Waals surface area contributed by atoms with Gasteiger partial charge in [0.15, 0.2) is 6.29 Å². The second-order valence-corrected chi connectivity index (χ2v) is 12.1. The van der Waals surface area contributed by atoms with Gasteiger partial charge in [0.2, 0.25) is 5.91 Å². The Morgan fingerprint density at radius 1 is 1.26 bits per heavy atom. The van der Waals surface area contributed by atoms with Crippen molar-refractivity contribution in [2.45, 2.75) is 72.7 Å². The van der Waals surface area contributed by atoms with Gasteiger partial charge in [-0.3, -0.25) is 9.59 Å². The van der Waals surface area contributed by atoms with Crippen LogP contribution in [0.3, 0.4) is 0 Å². The Morgan fingerprint density at radius 3 is 2.62 bits per heavy atom. The Hall–Kier alpha value is -1.73. The zero-order valence-electron chi connectivity index (χ0n) is 21.1. The summed E-state index contributed by atoms with van der Waals surface area (Å²) in [6, 6.07) is 0. The van der Waals surface area contributed by atoms with Crippen LogP contribution in [0.15, 0.2) is 11.6 Å². The van der Waals surface area contributed by atoms with Crippen LogP contribution in [0.1, 0.15) is 60.3 Å². The highest BCUT2D eigenvalue weighted by Crippen LogP contribution is 2.82. The van der Waals surface area contributed by atoms with E-state index in [1.54, 1.807) is 11.8 Å². The minimum Gasteiger partial charge on any atom is -0.481 e. The number of nitrogens with zero attached hydrogens (tertiary/aromatic N) is 1. The number of hydrogen-bond donors (Lipinski definition) is 1. The number of carboxylic acid groups (broad SMARTS) is 1. The van der Waals surface area contributed by atoms with Crippen molar-refractivity contribution in [3.63, 3.8) is 0 Å². The molecular formula is C27H39NO6. The summed E-state index contributed by atoms with van der Waals surface area (Å²) in [4.78, 5) is 40.3. The van der Waals surface area contributed by atoms with Gasteiger partial charge in [0, 0.05) is 18.9 Å². The van der Waals surface area contributed by atoms with E-state index < -0.39 is 28.5 Å². The SMILES string of the molecule is CC(=O)N1C[C@H](OCC23CC4C(CC[C@H]4C)[C@@]4(C=O)CC2C=C(C(C)C)C34C(=O)O)O[C@H](C)C1. The van der Waals surface area contributed by atoms with Crippen LogP contribution in [0.4, 0.5) is 0 Å². The smallest absolute Gasteiger partial charge is 0.315 e. The summed E-state index contributed by atoms with van der Waals surface area (Å²) in [7, 11) is 0. The second-order valence-electron chi connectivity index (χ2n) is 12.1. The molecule has 4 bridgehead atoms. The molecule has 3 saturated carbocycles. The van der Waals surface area contributed by atoms with Crippen molar-refractivity contribution in [3.05, 3.63) is 11.6 Å². The molecule has 5 aliphatic rings. The number of carboxylic acids is 1. The summed E-state index contributed by atoms with van der Waals surface area (Å²) < 4.78 is 12.5. The average Bonchev–Trinajstić information content (AvgIpc) is 3.34. The highest BCUT2D eigenvalue weighted by Gasteiger charge is 2.84. The molecular weight excluding hydrogens is 434 g/mol. The Morgan fingerprint density at radius 2 is 2.00 bits per heavy atom. The van der Waals surface area contributed by atoms with E-state index in [1.807, 2.05) is 20.8 Å². The molecule has 1 aliphatic heterocycles. The van der Waals surface area contributed by atoms with E-state index >= 15 is 0 Å². The number of morpholine rings is 1. The van der Waals surface area contributed by atoms with Gasteiger partial charge in [-0.15, -0.1) is 0 Å². The lowest BCUT2D eigenvalue weighted by Crippen LogP contribution is -2.64. The Balaban J connectivity index is 1.57. The highest BCUT2D eigenvalue weighted by atomic mass is 16.7. The molecule has 1 amide bonds. The molecule has 5 rings (SSSR count). The zero-order valence-corrected chi connectivity index (χ0v) is 21.1. The lowest BCUT2D eigenvalue weighted by atomic mass is 9.43. The first-order valence-corrected chi connectivity index (χ1v) is 13.0. The van der Waals surface area contributed by atoms with Crippen molar-refractivity contribution < 1.29 is 29.0 Å². The summed E-state index contributed by atoms with van der Waals surface area (Å²) in [5.41, 5.74) is -1.90. The maximum absolute atomic E-state index is 13.5. The van der Waals surface area contributed by atoms with E-state index in [-0.39, 0.29) is 36.4 Å². The molecule has 7 heteroatoms. The van der Waals surface area contributed by atoms with Gasteiger partial charge >= 0.3 is 5.97 Å². The van der Waals surface area contributed by atoms with Crippen LogP contribution >= 0.6 is 0 Å². The predicted octanol–water partition coefficient (Wildman–Crippen LogP) is 3.52. The molecule has 4 fully saturated rings. The zero-order chi connectivity index (χ0) is 24.6. The van der Waals surface area contributed by atoms with Gasteiger partial charge in [-0.1, -0.05) is 38.8 Å². The van der Waals surface area contributed by atoms with Gasteiger partial charge < -0.3 is 24.3 Å². The molecule has 5 unspecified atom stereocenters. The van der Waals surface area contributed by atoms with Crippen molar-refractivity contribution in [2.75, 3.05) is 19.7 Å². The molecule has 1 N–H and O–H groups in total. The van der Waals surface area contributed by atoms with Crippen molar-refractivity contribution in [1.29, 1.82) is 0 Å². The van der Waals surface area contributed by atoms with Crippen LogP contribution in [-0.4, -0.2) is 60.3 Å². The topological polar surface area (TPSA) is 93.1 Å². The predicted molar refractivity (Wildman–Crippen MR) is 125 cm³/mol. The maximum atomic E-state index is 13.5. The van der Waals surface area contributed by atoms with Crippen molar-refractivity contribution >= 4 is 18.2 Å². The summed E-state index contributed by atoms with van der Waals surface area (Å²) in [5, 5.41) is 11.0. The number of ether oxygens (including phenoxy) is 2. The van der Waals surface area contributed by atoms with E-state index in [0.717, 1.165) is 31.1 Å². The lowest BCUT2D eigenvalue weighted by Gasteiger charge is -2.58. The Labute approximate surface area is 202 Å². The number of allylic oxidation sites excluding steroid dienone is 1. The quantitative estimate of drug-likeness (QED) is 0.469. The molecule has 188 valence electrons. The third-order valence-electron chi connectivity index (χ3n) is 10.3. The van der Waals surface area contributed by atoms with Crippen LogP contribution in [0.5, 0.6) is 0 Å². The van der Waals surface area contributed by atoms with Crippen molar-refractivity contribution in [2.24, 2.45) is 45.8 Å². The van der Waals surface area contributed by atoms with Crippen molar-refractivity contribution in [1.82, 2.24) is 4.90 Å². The molecule has 7 nitrogen and oxygen atoms in total. The fourth-order valence-electron chi connectivity index (χ4n) is 9.13. The van der Waals surface area contributed by atoms with E-state index in [9.17, 15) is 19.5 Å². The third kappa shape index (κ3) is 2.80. The molecule has 4 aliphatic carbocycles. The van der Waals surface area contributed by atoms with Gasteiger partial charge in [-0.2, -0.15) is 0 Å². The molecule has 0 aromatic heterocycles. The Bertz CT molecular complexity index is 930. The molecule has 0 spiro atoms. The fraction of sp³-hybridized carbons (Fsp3) is 0.815. The number of carbonyl (C=O) groups excluding carboxylic acids is 2. The summed E-state index contributed by atoms with van der Waals surface area (Å²) in [6.45, 7) is 10.9. The highest BCUT2D eigenvalue weighted by molar-refractivity contribution is 5.90. The number of hydrogen-bond acceptors (Lipinski definition) is 5. The number of aliphatic carboxylic acids is 1. The molecule has 0 aromatic carbocycles. The number of rotatable bonds is 6. The molecule has 9 atom stereocenters. The van der Waals surface area contributed by atoms with Crippen LogP contribution < -0.4 is 0 Å². The number of aldehydes is 1. The summed E-state index contributed by atoms with van der Waals surface area (Å²) in [6.07, 6.45) is 5.79. The Kier molecular flexibility index (Phi) is 5.56. The maximum Gasteiger partial charge on any atom is 0.315 e. The first-order valence-electron chi connectivity index (χ1n) is 13.0. The number of carbonyl (C=O) groups is 3. The van der Waals surface area contributed by atoms with Gasteiger partial charge in [0.25, 0.3) is 0 Å². The van der Waals surface area contributed by atoms with Gasteiger partial charge in [0.05, 0.1) is 24.7 Å². The monoisotopic (exact) mass is 473 g/mol. The number of fused-ring (bicyclic) bond motifs is 2. The molecule has 34 heavy (non-hydrogen) atoms. The average molecular weight is 474 g/mol. The summed E-state index contributed by atoms with van der Waals surface area (Å²) >= 11 is 0. The van der Waals surface area contributed by atoms with E-state index in [4.69, 9.17) is 9.47 Å². The normalized spacial score (nSPS) is 47.0. The van der Waals surface area contributed by atoms with Gasteiger partial charge in [0.1, 0.15) is 11.7 Å². The number of amides is 1. The lowest BCUT2D eigenvalue weighted by molar-refractivity contribution is -0.235. The molecule has 1 saturated heterocycles. The largest absolute Gasteiger partial charge is 0.481 e. The van der Waals surface area contributed by atoms with Crippen LogP contribution in [-0.2, 0) is 23.9 Å². The van der Waals surface area contributed by atoms with Crippen LogP contribution in [0, 0.1) is 45.8 Å². The van der Waals surface area contributed by atoms with E-state index in [0.29, 0.717) is 31.3 Å². The first-order chi connectivity index (χ1) is 16.0. The fourth-order valence-corrected chi connectivity index (χ4v) is 9.13. The van der Waals surface area contributed by atoms with E-state index in [2.05, 4.69) is 13.0 Å². The molecule has 0 radical (unpaired) electrons. The minimum absolute atomic E-state index is 0.00563. The standard InChI is InChI=1S/C27H39NO6/c1-15(2)22-8-19-9-25(13-29)21-7-6-16(3)20(21)10-26(19,27(22,25)24(31)32)14-33-23-12-28(18(5)30)11-17(4)34-23/h8,13,15-17,19-21,23H,6-7,9-12,14H2,1-5H3,(H,31,32)/t16-,17-,19?,20?,21?,23-,25+,26?,27?/m1/s1. The van der Waals surface area contributed by atoms with E-state index in [1.165, 1.54) is 0 Å². The summed E-state index contributed by atoms with van der Waals surface area (Å²) in [5.74, 6) is 0.0396. The van der Waals surface area contributed by atoms with Gasteiger partial charge in [-0.25, -0.2) is 0 Å². The van der Waals surface area contributed by atoms with Crippen LogP contribution in [0.25, 0.3) is 0 Å². The van der Waals surface area contributed by atoms with Crippen molar-refractivity contribution in [3.8, 4) is 0 Å². The third-order valence-corrected chi connectivity index (χ3v) is 10.3.